The molecule has 0 fully saturated rings. The van der Waals surface area contributed by atoms with Gasteiger partial charge in [0.25, 0.3) is 0 Å². The van der Waals surface area contributed by atoms with Crippen LogP contribution in [0.15, 0.2) is 0 Å². The van der Waals surface area contributed by atoms with Crippen molar-refractivity contribution in [3.05, 3.63) is 0 Å². The van der Waals surface area contributed by atoms with E-state index in [9.17, 15) is 4.79 Å². The number of urea groups is 1. The Hall–Kier alpha value is -1.24. The molecule has 4 nitrogen and oxygen atoms in total. The smallest absolute Gasteiger partial charge is 0.315 e. The number of carbonyl (C=O) groups excluding carboxylic acids is 1. The van der Waals surface area contributed by atoms with Gasteiger partial charge in [-0.2, -0.15) is 5.26 Å². The second kappa shape index (κ2) is 7.41. The summed E-state index contributed by atoms with van der Waals surface area (Å²) in [5, 5.41) is 13.8. The molecule has 0 saturated carbocycles. The fraction of sp³-hybridized carbons (Fsp3) is 0.778. The summed E-state index contributed by atoms with van der Waals surface area (Å²) in [7, 11) is 0. The minimum atomic E-state index is -0.373. The van der Waals surface area contributed by atoms with Crippen LogP contribution in [0.2, 0.25) is 0 Å². The topological polar surface area (TPSA) is 64.9 Å². The first kappa shape index (κ1) is 11.8. The zero-order valence-electron chi connectivity index (χ0n) is 8.26. The molecule has 0 aliphatic carbocycles. The maximum absolute atomic E-state index is 11.1. The maximum atomic E-state index is 11.1. The van der Waals surface area contributed by atoms with Crippen LogP contribution in [-0.2, 0) is 0 Å². The first-order valence-corrected chi connectivity index (χ1v) is 4.68. The van der Waals surface area contributed by atoms with Crippen molar-refractivity contribution in [2.24, 2.45) is 0 Å². The van der Waals surface area contributed by atoms with Gasteiger partial charge in [-0.1, -0.05) is 20.3 Å². The zero-order chi connectivity index (χ0) is 10.1. The van der Waals surface area contributed by atoms with Crippen molar-refractivity contribution in [2.75, 3.05) is 6.54 Å². The van der Waals surface area contributed by atoms with Crippen molar-refractivity contribution >= 4 is 6.03 Å². The fourth-order valence-corrected chi connectivity index (χ4v) is 0.814. The Morgan fingerprint density at radius 2 is 2.23 bits per heavy atom. The second-order valence-electron chi connectivity index (χ2n) is 2.84. The van der Waals surface area contributed by atoms with E-state index < -0.39 is 0 Å². The van der Waals surface area contributed by atoms with Gasteiger partial charge in [0.05, 0.1) is 6.07 Å². The van der Waals surface area contributed by atoms with Crippen LogP contribution in [0.4, 0.5) is 4.79 Å². The highest BCUT2D eigenvalue weighted by atomic mass is 16.2. The Morgan fingerprint density at radius 3 is 2.69 bits per heavy atom. The van der Waals surface area contributed by atoms with Gasteiger partial charge in [0.1, 0.15) is 6.04 Å². The number of rotatable bonds is 5. The lowest BCUT2D eigenvalue weighted by molar-refractivity contribution is 0.238. The number of hydrogen-bond donors (Lipinski definition) is 2. The van der Waals surface area contributed by atoms with E-state index in [0.29, 0.717) is 13.0 Å². The molecule has 0 heterocycles. The number of hydrogen-bond acceptors (Lipinski definition) is 2. The van der Waals surface area contributed by atoms with Gasteiger partial charge in [0.2, 0.25) is 0 Å². The van der Waals surface area contributed by atoms with E-state index >= 15 is 0 Å². The van der Waals surface area contributed by atoms with E-state index in [1.165, 1.54) is 0 Å². The first-order chi connectivity index (χ1) is 6.24. The Kier molecular flexibility index (Phi) is 6.70. The van der Waals surface area contributed by atoms with Gasteiger partial charge < -0.3 is 10.6 Å². The van der Waals surface area contributed by atoms with E-state index in [1.807, 2.05) is 13.0 Å². The Labute approximate surface area is 79.3 Å². The van der Waals surface area contributed by atoms with Gasteiger partial charge in [0, 0.05) is 6.54 Å². The fourth-order valence-electron chi connectivity index (χ4n) is 0.814. The molecule has 74 valence electrons. The Balaban J connectivity index is 3.56. The van der Waals surface area contributed by atoms with Crippen LogP contribution in [0.1, 0.15) is 33.1 Å². The van der Waals surface area contributed by atoms with Crippen molar-refractivity contribution in [2.45, 2.75) is 39.2 Å². The van der Waals surface area contributed by atoms with E-state index in [1.54, 1.807) is 0 Å². The standard InChI is InChI=1S/C9H17N3O/c1-3-5-6-11-9(13)12-8(4-2)7-10/h8H,3-6H2,1-2H3,(H2,11,12,13). The molecule has 1 unspecified atom stereocenters. The molecule has 0 bridgehead atoms. The number of nitriles is 1. The molecule has 4 heteroatoms. The number of amides is 2. The molecule has 1 atom stereocenters. The van der Waals surface area contributed by atoms with Gasteiger partial charge in [0.15, 0.2) is 0 Å². The normalized spacial score (nSPS) is 11.5. The van der Waals surface area contributed by atoms with Crippen molar-refractivity contribution in [3.8, 4) is 6.07 Å². The second-order valence-corrected chi connectivity index (χ2v) is 2.84. The molecule has 0 radical (unpaired) electrons. The third-order valence-electron chi connectivity index (χ3n) is 1.69. The molecule has 13 heavy (non-hydrogen) atoms. The van der Waals surface area contributed by atoms with Crippen LogP contribution in [0, 0.1) is 11.3 Å². The summed E-state index contributed by atoms with van der Waals surface area (Å²) in [6.45, 7) is 4.59. The van der Waals surface area contributed by atoms with E-state index in [-0.39, 0.29) is 12.1 Å². The summed E-state index contributed by atoms with van der Waals surface area (Å²) in [4.78, 5) is 11.1. The summed E-state index contributed by atoms with van der Waals surface area (Å²) in [6, 6.07) is 1.38. The van der Waals surface area contributed by atoms with Crippen molar-refractivity contribution in [1.82, 2.24) is 10.6 Å². The van der Waals surface area contributed by atoms with E-state index in [0.717, 1.165) is 12.8 Å². The lowest BCUT2D eigenvalue weighted by Crippen LogP contribution is -2.41. The first-order valence-electron chi connectivity index (χ1n) is 4.68. The number of carbonyl (C=O) groups is 1. The molecule has 2 amide bonds. The van der Waals surface area contributed by atoms with Gasteiger partial charge in [-0.05, 0) is 12.8 Å². The zero-order valence-corrected chi connectivity index (χ0v) is 8.26. The van der Waals surface area contributed by atoms with Crippen LogP contribution in [-0.4, -0.2) is 18.6 Å². The number of unbranched alkanes of at least 4 members (excludes halogenated alkanes) is 1. The molecule has 2 N–H and O–H groups in total. The Bertz CT molecular complexity index is 186. The molecule has 0 aliphatic heterocycles. The molecular formula is C9H17N3O. The van der Waals surface area contributed by atoms with Crippen molar-refractivity contribution < 1.29 is 4.79 Å². The number of nitrogens with zero attached hydrogens (tertiary/aromatic N) is 1. The van der Waals surface area contributed by atoms with Crippen LogP contribution in [0.5, 0.6) is 0 Å². The minimum Gasteiger partial charge on any atom is -0.338 e. The molecule has 0 rings (SSSR count). The quantitative estimate of drug-likeness (QED) is 0.632. The largest absolute Gasteiger partial charge is 0.338 e. The molecule has 0 aromatic heterocycles. The van der Waals surface area contributed by atoms with Gasteiger partial charge in [-0.15, -0.1) is 0 Å². The van der Waals surface area contributed by atoms with Crippen LogP contribution in [0.25, 0.3) is 0 Å². The molecule has 0 saturated heterocycles. The maximum Gasteiger partial charge on any atom is 0.315 e. The van der Waals surface area contributed by atoms with Gasteiger partial charge in [-0.25, -0.2) is 4.79 Å². The van der Waals surface area contributed by atoms with Gasteiger partial charge in [-0.3, -0.25) is 0 Å². The molecule has 0 spiro atoms. The van der Waals surface area contributed by atoms with Crippen molar-refractivity contribution in [3.63, 3.8) is 0 Å². The van der Waals surface area contributed by atoms with Crippen LogP contribution >= 0.6 is 0 Å². The lowest BCUT2D eigenvalue weighted by Gasteiger charge is -2.09. The summed E-state index contributed by atoms with van der Waals surface area (Å²) >= 11 is 0. The highest BCUT2D eigenvalue weighted by Crippen LogP contribution is 1.87. The van der Waals surface area contributed by atoms with Crippen molar-refractivity contribution in [1.29, 1.82) is 5.26 Å². The van der Waals surface area contributed by atoms with Gasteiger partial charge >= 0.3 is 6.03 Å². The SMILES string of the molecule is CCCCNC(=O)NC(C#N)CC. The summed E-state index contributed by atoms with van der Waals surface area (Å²) < 4.78 is 0. The third kappa shape index (κ3) is 5.97. The lowest BCUT2D eigenvalue weighted by atomic mass is 10.2. The summed E-state index contributed by atoms with van der Waals surface area (Å²) in [5.41, 5.74) is 0. The third-order valence-corrected chi connectivity index (χ3v) is 1.69. The minimum absolute atomic E-state index is 0.248. The molecule has 0 aromatic carbocycles. The number of nitrogens with one attached hydrogen (secondary N) is 2. The predicted molar refractivity (Wildman–Crippen MR) is 51.1 cm³/mol. The van der Waals surface area contributed by atoms with E-state index in [2.05, 4.69) is 17.6 Å². The highest BCUT2D eigenvalue weighted by molar-refractivity contribution is 5.74. The average molecular weight is 183 g/mol. The summed E-state index contributed by atoms with van der Waals surface area (Å²) in [5.74, 6) is 0. The average Bonchev–Trinajstić information content (AvgIpc) is 2.14. The van der Waals surface area contributed by atoms with Crippen LogP contribution in [0.3, 0.4) is 0 Å². The van der Waals surface area contributed by atoms with Crippen LogP contribution < -0.4 is 10.6 Å². The Morgan fingerprint density at radius 1 is 1.54 bits per heavy atom. The summed E-state index contributed by atoms with van der Waals surface area (Å²) in [6.07, 6.45) is 2.66. The molecule has 0 aromatic rings. The molecular weight excluding hydrogens is 166 g/mol. The monoisotopic (exact) mass is 183 g/mol. The predicted octanol–water partition coefficient (Wildman–Crippen LogP) is 1.39. The molecule has 0 aliphatic rings. The highest BCUT2D eigenvalue weighted by Gasteiger charge is 2.06. The van der Waals surface area contributed by atoms with E-state index in [4.69, 9.17) is 5.26 Å².